The normalized spacial score (nSPS) is 13.5. The van der Waals surface area contributed by atoms with Gasteiger partial charge in [0.25, 0.3) is 5.91 Å². The van der Waals surface area contributed by atoms with Gasteiger partial charge >= 0.3 is 5.97 Å². The lowest BCUT2D eigenvalue weighted by Crippen LogP contribution is -2.41. The summed E-state index contributed by atoms with van der Waals surface area (Å²) in [6.07, 6.45) is 7.74. The van der Waals surface area contributed by atoms with Crippen LogP contribution in [-0.2, 0) is 40.3 Å². The van der Waals surface area contributed by atoms with E-state index < -0.39 is 5.97 Å². The molecule has 2 N–H and O–H groups in total. The number of thiophene rings is 1. The van der Waals surface area contributed by atoms with Crippen LogP contribution in [0.4, 0.5) is 5.00 Å². The second-order valence-corrected chi connectivity index (χ2v) is 15.5. The molecule has 0 atom stereocenters. The molecule has 4 aromatic rings. The summed E-state index contributed by atoms with van der Waals surface area (Å²) in [5, 5.41) is 10.4. The number of ketones is 1. The average Bonchev–Trinajstić information content (AvgIpc) is 3.80. The maximum absolute atomic E-state index is 13.8. The number of likely N-dealkylation sites (N-methyl/N-ethyl adjacent to an activating group) is 1. The molecule has 0 saturated carbocycles. The molecule has 0 spiro atoms. The zero-order chi connectivity index (χ0) is 37.3. The van der Waals surface area contributed by atoms with Crippen LogP contribution in [0.2, 0.25) is 0 Å². The summed E-state index contributed by atoms with van der Waals surface area (Å²) >= 11 is 1.51. The van der Waals surface area contributed by atoms with Gasteiger partial charge in [0.15, 0.2) is 5.78 Å². The van der Waals surface area contributed by atoms with E-state index in [4.69, 9.17) is 4.74 Å². The van der Waals surface area contributed by atoms with Crippen LogP contribution in [0.25, 0.3) is 0 Å². The number of ether oxygens (including phenoxy) is 1. The van der Waals surface area contributed by atoms with Gasteiger partial charge < -0.3 is 15.0 Å². The van der Waals surface area contributed by atoms with Gasteiger partial charge in [0.1, 0.15) is 11.6 Å². The fraction of sp³-hybridized carbons (Fsp3) is 0.439. The fourth-order valence-corrected chi connectivity index (χ4v) is 8.28. The molecule has 0 saturated heterocycles. The van der Waals surface area contributed by atoms with E-state index in [-0.39, 0.29) is 48.5 Å². The highest BCUT2D eigenvalue weighted by Crippen LogP contribution is 2.44. The average molecular weight is 726 g/mol. The van der Waals surface area contributed by atoms with E-state index in [1.807, 2.05) is 48.5 Å². The third-order valence-electron chi connectivity index (χ3n) is 9.96. The number of aromatic amines is 1. The van der Waals surface area contributed by atoms with E-state index in [0.717, 1.165) is 53.7 Å². The number of carbonyl (C=O) groups is 4. The first-order valence-corrected chi connectivity index (χ1v) is 19.1. The van der Waals surface area contributed by atoms with E-state index >= 15 is 0 Å². The second kappa shape index (κ2) is 17.7. The molecule has 10 nitrogen and oxygen atoms in total. The van der Waals surface area contributed by atoms with Crippen molar-refractivity contribution in [3.8, 4) is 0 Å². The van der Waals surface area contributed by atoms with Crippen LogP contribution >= 0.6 is 11.3 Å². The highest BCUT2D eigenvalue weighted by molar-refractivity contribution is 7.17. The molecule has 0 unspecified atom stereocenters. The van der Waals surface area contributed by atoms with E-state index in [1.165, 1.54) is 17.5 Å². The van der Waals surface area contributed by atoms with Crippen molar-refractivity contribution >= 4 is 39.9 Å². The predicted octanol–water partition coefficient (Wildman–Crippen LogP) is 7.44. The van der Waals surface area contributed by atoms with E-state index in [2.05, 4.69) is 48.1 Å². The van der Waals surface area contributed by atoms with Crippen molar-refractivity contribution in [3.63, 3.8) is 0 Å². The minimum atomic E-state index is -0.392. The summed E-state index contributed by atoms with van der Waals surface area (Å²) in [7, 11) is 1.77. The Labute approximate surface area is 310 Å². The Kier molecular flexibility index (Phi) is 13.2. The summed E-state index contributed by atoms with van der Waals surface area (Å²) in [5.74, 6) is -0.897. The first-order valence-electron chi connectivity index (χ1n) is 18.2. The summed E-state index contributed by atoms with van der Waals surface area (Å²) in [6, 6.07) is 17.4. The molecule has 1 aliphatic carbocycles. The van der Waals surface area contributed by atoms with Crippen LogP contribution in [-0.4, -0.2) is 69.7 Å². The van der Waals surface area contributed by atoms with Gasteiger partial charge in [-0.25, -0.2) is 0 Å². The van der Waals surface area contributed by atoms with E-state index in [1.54, 1.807) is 24.2 Å². The Morgan fingerprint density at radius 3 is 2.44 bits per heavy atom. The summed E-state index contributed by atoms with van der Waals surface area (Å²) in [4.78, 5) is 57.8. The molecule has 2 heterocycles. The van der Waals surface area contributed by atoms with Crippen molar-refractivity contribution < 1.29 is 23.9 Å². The quantitative estimate of drug-likeness (QED) is 0.0857. The van der Waals surface area contributed by atoms with Crippen LogP contribution in [0.5, 0.6) is 0 Å². The lowest BCUT2D eigenvalue weighted by Gasteiger charge is -2.32. The summed E-state index contributed by atoms with van der Waals surface area (Å²) in [5.41, 5.74) is 4.61. The minimum Gasteiger partial charge on any atom is -0.461 e. The topological polar surface area (TPSA) is 125 Å². The number of nitrogens with zero attached hydrogens (tertiary/aromatic N) is 3. The summed E-state index contributed by atoms with van der Waals surface area (Å²) in [6.45, 7) is 10.7. The van der Waals surface area contributed by atoms with Crippen molar-refractivity contribution in [1.82, 2.24) is 20.0 Å². The number of hydrogen-bond donors (Lipinski definition) is 2. The first kappa shape index (κ1) is 38.6. The largest absolute Gasteiger partial charge is 0.461 e. The number of hydrogen-bond acceptors (Lipinski definition) is 8. The van der Waals surface area contributed by atoms with Crippen LogP contribution in [0, 0.1) is 5.41 Å². The Balaban J connectivity index is 1.22. The minimum absolute atomic E-state index is 0.0339. The zero-order valence-electron chi connectivity index (χ0n) is 31.0. The number of carbonyl (C=O) groups excluding carboxylic acids is 4. The molecular weight excluding hydrogens is 675 g/mol. The zero-order valence-corrected chi connectivity index (χ0v) is 31.8. The van der Waals surface area contributed by atoms with Crippen molar-refractivity contribution in [2.24, 2.45) is 5.41 Å². The Hall–Kier alpha value is -4.61. The Morgan fingerprint density at radius 2 is 1.73 bits per heavy atom. The molecule has 2 amide bonds. The van der Waals surface area contributed by atoms with Gasteiger partial charge in [-0.05, 0) is 66.3 Å². The van der Waals surface area contributed by atoms with Crippen LogP contribution < -0.4 is 5.32 Å². The predicted molar refractivity (Wildman–Crippen MR) is 204 cm³/mol. The molecule has 0 bridgehead atoms. The number of anilines is 1. The van der Waals surface area contributed by atoms with Crippen LogP contribution in [0.15, 0.2) is 67.0 Å². The molecule has 0 radical (unpaired) electrons. The van der Waals surface area contributed by atoms with Gasteiger partial charge in [0.2, 0.25) is 5.91 Å². The number of H-pyrrole nitrogens is 1. The molecule has 0 fully saturated rings. The van der Waals surface area contributed by atoms with Crippen molar-refractivity contribution in [2.75, 3.05) is 25.5 Å². The van der Waals surface area contributed by atoms with Gasteiger partial charge in [-0.1, -0.05) is 70.2 Å². The molecule has 276 valence electrons. The van der Waals surface area contributed by atoms with Gasteiger partial charge in [0.05, 0.1) is 23.7 Å². The van der Waals surface area contributed by atoms with Crippen LogP contribution in [0.1, 0.15) is 108 Å². The fourth-order valence-electron chi connectivity index (χ4n) is 6.78. The molecular formula is C41H51N5O5S. The monoisotopic (exact) mass is 725 g/mol. The molecule has 5 rings (SSSR count). The number of rotatable bonds is 17. The van der Waals surface area contributed by atoms with Crippen molar-refractivity contribution in [2.45, 2.75) is 91.8 Å². The first-order chi connectivity index (χ1) is 25.0. The van der Waals surface area contributed by atoms with E-state index in [0.29, 0.717) is 41.3 Å². The number of benzene rings is 2. The number of fused-ring (bicyclic) bond motifs is 1. The third-order valence-corrected chi connectivity index (χ3v) is 11.1. The molecule has 2 aromatic heterocycles. The maximum atomic E-state index is 13.8. The van der Waals surface area contributed by atoms with Gasteiger partial charge in [-0.3, -0.25) is 29.2 Å². The molecule has 0 aliphatic heterocycles. The molecule has 1 aliphatic rings. The van der Waals surface area contributed by atoms with Crippen molar-refractivity contribution in [1.29, 1.82) is 0 Å². The Morgan fingerprint density at radius 1 is 0.981 bits per heavy atom. The van der Waals surface area contributed by atoms with Gasteiger partial charge in [-0.15, -0.1) is 11.3 Å². The Bertz CT molecular complexity index is 1830. The van der Waals surface area contributed by atoms with E-state index in [9.17, 15) is 19.2 Å². The van der Waals surface area contributed by atoms with Crippen molar-refractivity contribution in [3.05, 3.63) is 105 Å². The molecule has 2 aromatic carbocycles. The number of nitrogens with one attached hydrogen (secondary N) is 2. The number of amides is 2. The lowest BCUT2D eigenvalue weighted by molar-refractivity contribution is -0.147. The maximum Gasteiger partial charge on any atom is 0.306 e. The molecule has 11 heteroatoms. The van der Waals surface area contributed by atoms with Gasteiger partial charge in [0, 0.05) is 55.8 Å². The number of aromatic nitrogens is 2. The van der Waals surface area contributed by atoms with Gasteiger partial charge in [-0.2, -0.15) is 5.10 Å². The molecule has 52 heavy (non-hydrogen) atoms. The SMILES string of the molecule is CCC(CC)N(CCN(C)C(=O)CCC(=O)OCc1ccccc1)Cc1cccc(C(=O)Nc2sc3c(c2C(=O)c2cn[nH]c2)CCC(C)(C)C3)c1. The lowest BCUT2D eigenvalue weighted by atomic mass is 9.76. The highest BCUT2D eigenvalue weighted by Gasteiger charge is 2.33. The smallest absolute Gasteiger partial charge is 0.306 e. The van der Waals surface area contributed by atoms with Crippen LogP contribution in [0.3, 0.4) is 0 Å². The number of esters is 1. The third kappa shape index (κ3) is 10.0. The second-order valence-electron chi connectivity index (χ2n) is 14.4. The summed E-state index contributed by atoms with van der Waals surface area (Å²) < 4.78 is 5.34. The standard InChI is InChI=1S/C41H51N5O5S/c1-6-32(7-2)46(21-20-45(5)35(47)16-17-36(48)51-27-28-12-9-8-10-13-28)26-29-14-11-15-30(22-29)39(50)44-40-37(38(49)31-24-42-43-25-31)33-18-19-41(3,4)23-34(33)52-40/h8-15,22,24-25,32H,6-7,16-21,23,26-27H2,1-5H3,(H,42,43)(H,44,50). The highest BCUT2D eigenvalue weighted by atomic mass is 32.1.